The van der Waals surface area contributed by atoms with Crippen LogP contribution >= 0.6 is 22.6 Å². The fourth-order valence-electron chi connectivity index (χ4n) is 2.77. The maximum atomic E-state index is 12.5. The maximum absolute atomic E-state index is 12.5. The molecule has 1 fully saturated rings. The molecule has 3 unspecified atom stereocenters. The number of aliphatic hydroxyl groups excluding tert-OH is 1. The molecule has 1 saturated heterocycles. The zero-order valence-electron chi connectivity index (χ0n) is 13.8. The number of sulfone groups is 1. The van der Waals surface area contributed by atoms with Crippen LogP contribution in [-0.2, 0) is 14.6 Å². The van der Waals surface area contributed by atoms with Crippen molar-refractivity contribution < 1.29 is 18.3 Å². The quantitative estimate of drug-likeness (QED) is 0.603. The lowest BCUT2D eigenvalue weighted by molar-refractivity contribution is -0.00846. The minimum absolute atomic E-state index is 0.0517. The molecule has 1 aliphatic rings. The largest absolute Gasteiger partial charge is 0.390 e. The molecule has 2 heterocycles. The first kappa shape index (κ1) is 19.3. The summed E-state index contributed by atoms with van der Waals surface area (Å²) in [5.74, 6) is -0.400. The minimum Gasteiger partial charge on any atom is -0.390 e. The van der Waals surface area contributed by atoms with E-state index in [1.54, 1.807) is 34.7 Å². The van der Waals surface area contributed by atoms with Crippen LogP contribution in [0.15, 0.2) is 44.9 Å². The molecule has 26 heavy (non-hydrogen) atoms. The van der Waals surface area contributed by atoms with Crippen molar-refractivity contribution in [3.8, 4) is 0 Å². The molecule has 8 nitrogen and oxygen atoms in total. The highest BCUT2D eigenvalue weighted by atomic mass is 127. The summed E-state index contributed by atoms with van der Waals surface area (Å²) in [6.45, 7) is 1.86. The van der Waals surface area contributed by atoms with Gasteiger partial charge in [-0.2, -0.15) is 0 Å². The van der Waals surface area contributed by atoms with Crippen molar-refractivity contribution >= 4 is 32.4 Å². The second kappa shape index (κ2) is 7.25. The number of aromatic amines is 1. The van der Waals surface area contributed by atoms with E-state index in [1.807, 2.05) is 6.92 Å². The molecule has 0 radical (unpaired) electrons. The number of aryl methyl sites for hydroxylation is 1. The van der Waals surface area contributed by atoms with Gasteiger partial charge in [0.15, 0.2) is 9.84 Å². The predicted molar refractivity (Wildman–Crippen MR) is 102 cm³/mol. The van der Waals surface area contributed by atoms with Gasteiger partial charge < -0.3 is 9.84 Å². The van der Waals surface area contributed by atoms with E-state index in [-0.39, 0.29) is 14.9 Å². The van der Waals surface area contributed by atoms with Gasteiger partial charge in [0.25, 0.3) is 5.56 Å². The molecule has 3 rings (SSSR count). The van der Waals surface area contributed by atoms with E-state index in [0.717, 1.165) is 10.1 Å². The number of aliphatic hydroxyl groups is 1. The average Bonchev–Trinajstić information content (AvgIpc) is 2.91. The molecular formula is C16H17IN2O6S. The monoisotopic (exact) mass is 492 g/mol. The number of aromatic nitrogens is 2. The molecule has 0 amide bonds. The normalized spacial score (nSPS) is 23.3. The van der Waals surface area contributed by atoms with Gasteiger partial charge in [-0.25, -0.2) is 13.2 Å². The maximum Gasteiger partial charge on any atom is 0.330 e. The SMILES string of the molecule is Cc1ccc(S(=O)(=O)CC2OC(n3cc(I)c(=O)[nH]c3=O)CC2O)cc1. The molecule has 0 saturated carbocycles. The average molecular weight is 492 g/mol. The Morgan fingerprint density at radius 2 is 1.96 bits per heavy atom. The molecular weight excluding hydrogens is 475 g/mol. The number of nitrogens with one attached hydrogen (secondary N) is 1. The highest BCUT2D eigenvalue weighted by Gasteiger charge is 2.38. The third-order valence-electron chi connectivity index (χ3n) is 4.20. The number of rotatable bonds is 4. The van der Waals surface area contributed by atoms with Crippen molar-refractivity contribution in [2.75, 3.05) is 5.75 Å². The van der Waals surface area contributed by atoms with Gasteiger partial charge in [0, 0.05) is 12.6 Å². The van der Waals surface area contributed by atoms with Crippen LogP contribution in [0, 0.1) is 10.5 Å². The zero-order valence-corrected chi connectivity index (χ0v) is 16.7. The van der Waals surface area contributed by atoms with Gasteiger partial charge in [-0.3, -0.25) is 14.3 Å². The van der Waals surface area contributed by atoms with Gasteiger partial charge in [-0.05, 0) is 41.6 Å². The van der Waals surface area contributed by atoms with Crippen molar-refractivity contribution in [1.29, 1.82) is 0 Å². The second-order valence-electron chi connectivity index (χ2n) is 6.17. The molecule has 1 aromatic carbocycles. The lowest BCUT2D eigenvalue weighted by Gasteiger charge is -2.16. The van der Waals surface area contributed by atoms with Crippen molar-refractivity contribution in [3.63, 3.8) is 0 Å². The smallest absolute Gasteiger partial charge is 0.330 e. The van der Waals surface area contributed by atoms with Crippen LogP contribution in [0.3, 0.4) is 0 Å². The van der Waals surface area contributed by atoms with Crippen LogP contribution in [0.4, 0.5) is 0 Å². The Kier molecular flexibility index (Phi) is 5.37. The van der Waals surface area contributed by atoms with Gasteiger partial charge in [0.05, 0.1) is 20.3 Å². The first-order chi connectivity index (χ1) is 12.2. The number of hydrogen-bond donors (Lipinski definition) is 2. The summed E-state index contributed by atoms with van der Waals surface area (Å²) >= 11 is 1.78. The fraction of sp³-hybridized carbons (Fsp3) is 0.375. The van der Waals surface area contributed by atoms with E-state index in [0.29, 0.717) is 0 Å². The molecule has 0 aliphatic carbocycles. The first-order valence-corrected chi connectivity index (χ1v) is 10.5. The molecule has 1 aliphatic heterocycles. The van der Waals surface area contributed by atoms with Crippen molar-refractivity contribution in [3.05, 3.63) is 60.4 Å². The summed E-state index contributed by atoms with van der Waals surface area (Å²) in [5, 5.41) is 10.2. The lowest BCUT2D eigenvalue weighted by atomic mass is 10.2. The van der Waals surface area contributed by atoms with Gasteiger partial charge >= 0.3 is 5.69 Å². The van der Waals surface area contributed by atoms with Crippen LogP contribution < -0.4 is 11.2 Å². The Morgan fingerprint density at radius 1 is 1.31 bits per heavy atom. The fourth-order valence-corrected chi connectivity index (χ4v) is 4.68. The Morgan fingerprint density at radius 3 is 2.62 bits per heavy atom. The molecule has 3 atom stereocenters. The van der Waals surface area contributed by atoms with Crippen LogP contribution in [0.25, 0.3) is 0 Å². The summed E-state index contributed by atoms with van der Waals surface area (Å²) in [4.78, 5) is 25.7. The topological polar surface area (TPSA) is 118 Å². The summed E-state index contributed by atoms with van der Waals surface area (Å²) in [6, 6.07) is 6.42. The van der Waals surface area contributed by atoms with Crippen molar-refractivity contribution in [1.82, 2.24) is 9.55 Å². The molecule has 10 heteroatoms. The molecule has 0 spiro atoms. The summed E-state index contributed by atoms with van der Waals surface area (Å²) in [7, 11) is -3.66. The first-order valence-electron chi connectivity index (χ1n) is 7.81. The third kappa shape index (κ3) is 3.92. The molecule has 2 N–H and O–H groups in total. The van der Waals surface area contributed by atoms with Gasteiger partial charge in [-0.15, -0.1) is 0 Å². The van der Waals surface area contributed by atoms with Gasteiger partial charge in [0.1, 0.15) is 12.3 Å². The predicted octanol–water partition coefficient (Wildman–Crippen LogP) is 0.572. The number of halogens is 1. The number of H-pyrrole nitrogens is 1. The lowest BCUT2D eigenvalue weighted by Crippen LogP contribution is -2.34. The summed E-state index contributed by atoms with van der Waals surface area (Å²) in [5.41, 5.74) is -0.244. The third-order valence-corrected chi connectivity index (χ3v) is 6.73. The van der Waals surface area contributed by atoms with E-state index in [4.69, 9.17) is 4.74 Å². The van der Waals surface area contributed by atoms with E-state index >= 15 is 0 Å². The summed E-state index contributed by atoms with van der Waals surface area (Å²) in [6.07, 6.45) is -1.48. The van der Waals surface area contributed by atoms with Crippen LogP contribution in [-0.4, -0.2) is 41.0 Å². The Labute approximate surface area is 162 Å². The number of hydrogen-bond acceptors (Lipinski definition) is 6. The van der Waals surface area contributed by atoms with Crippen LogP contribution in [0.2, 0.25) is 0 Å². The molecule has 140 valence electrons. The molecule has 1 aromatic heterocycles. The highest BCUT2D eigenvalue weighted by molar-refractivity contribution is 14.1. The standard InChI is InChI=1S/C16H17IN2O6S/c1-9-2-4-10(5-3-9)26(23,24)8-13-12(20)6-14(25-13)19-7-11(17)15(21)18-16(19)22/h2-5,7,12-14,20H,6,8H2,1H3,(H,18,21,22). The Balaban J connectivity index is 1.81. The van der Waals surface area contributed by atoms with E-state index in [1.165, 1.54) is 18.3 Å². The second-order valence-corrected chi connectivity index (χ2v) is 9.37. The Bertz CT molecular complexity index is 1030. The number of nitrogens with zero attached hydrogens (tertiary/aromatic N) is 1. The van der Waals surface area contributed by atoms with Crippen molar-refractivity contribution in [2.24, 2.45) is 0 Å². The molecule has 0 bridgehead atoms. The van der Waals surface area contributed by atoms with Gasteiger partial charge in [-0.1, -0.05) is 17.7 Å². The Hall–Kier alpha value is -1.50. The van der Waals surface area contributed by atoms with Crippen molar-refractivity contribution in [2.45, 2.75) is 36.7 Å². The van der Waals surface area contributed by atoms with E-state index < -0.39 is 45.3 Å². The van der Waals surface area contributed by atoms with E-state index in [9.17, 15) is 23.1 Å². The van der Waals surface area contributed by atoms with Gasteiger partial charge in [0.2, 0.25) is 0 Å². The van der Waals surface area contributed by atoms with Crippen LogP contribution in [0.1, 0.15) is 18.2 Å². The zero-order chi connectivity index (χ0) is 19.1. The molecule has 2 aromatic rings. The number of benzene rings is 1. The summed E-state index contributed by atoms with van der Waals surface area (Å²) < 4.78 is 32.2. The highest BCUT2D eigenvalue weighted by Crippen LogP contribution is 2.29. The minimum atomic E-state index is -3.66. The van der Waals surface area contributed by atoms with E-state index in [2.05, 4.69) is 4.98 Å². The number of ether oxygens (including phenoxy) is 1. The van der Waals surface area contributed by atoms with Crippen LogP contribution in [0.5, 0.6) is 0 Å².